The average molecular weight is 275 g/mol. The zero-order chi connectivity index (χ0) is 13.9. The van der Waals surface area contributed by atoms with E-state index in [0.717, 1.165) is 17.7 Å². The molecule has 0 aromatic carbocycles. The fourth-order valence-corrected chi connectivity index (χ4v) is 2.01. The Kier molecular flexibility index (Phi) is 3.71. The van der Waals surface area contributed by atoms with E-state index in [1.165, 1.54) is 19.3 Å². The van der Waals surface area contributed by atoms with Crippen molar-refractivity contribution >= 4 is 5.96 Å². The summed E-state index contributed by atoms with van der Waals surface area (Å²) < 4.78 is 5.22. The first kappa shape index (κ1) is 13.1. The third-order valence-corrected chi connectivity index (χ3v) is 3.64. The first-order valence-electron chi connectivity index (χ1n) is 7.24. The molecular formula is C14H21N5O. The van der Waals surface area contributed by atoms with Crippen LogP contribution in [-0.2, 0) is 6.54 Å². The fourth-order valence-electron chi connectivity index (χ4n) is 2.01. The van der Waals surface area contributed by atoms with E-state index >= 15 is 0 Å². The maximum absolute atomic E-state index is 5.22. The minimum atomic E-state index is 0.410. The smallest absolute Gasteiger partial charge is 0.248 e. The van der Waals surface area contributed by atoms with Gasteiger partial charge in [0.05, 0.1) is 0 Å². The van der Waals surface area contributed by atoms with Crippen molar-refractivity contribution in [2.75, 3.05) is 6.54 Å². The molecule has 1 aromatic rings. The van der Waals surface area contributed by atoms with Gasteiger partial charge < -0.3 is 15.2 Å². The molecule has 0 bridgehead atoms. The van der Waals surface area contributed by atoms with Gasteiger partial charge in [0.25, 0.3) is 0 Å². The molecule has 2 aliphatic rings. The van der Waals surface area contributed by atoms with Crippen LogP contribution < -0.4 is 10.6 Å². The van der Waals surface area contributed by atoms with E-state index in [0.29, 0.717) is 30.9 Å². The monoisotopic (exact) mass is 275 g/mol. The molecular weight excluding hydrogens is 254 g/mol. The van der Waals surface area contributed by atoms with Crippen LogP contribution in [0.25, 0.3) is 0 Å². The van der Waals surface area contributed by atoms with E-state index in [4.69, 9.17) is 4.52 Å². The third kappa shape index (κ3) is 3.37. The van der Waals surface area contributed by atoms with E-state index in [9.17, 15) is 0 Å². The molecule has 0 radical (unpaired) electrons. The van der Waals surface area contributed by atoms with Gasteiger partial charge in [-0.1, -0.05) is 18.2 Å². The van der Waals surface area contributed by atoms with Crippen LogP contribution in [0.3, 0.4) is 0 Å². The molecule has 108 valence electrons. The van der Waals surface area contributed by atoms with Crippen molar-refractivity contribution in [1.82, 2.24) is 20.8 Å². The molecule has 6 nitrogen and oxygen atoms in total. The lowest BCUT2D eigenvalue weighted by Gasteiger charge is -2.10. The van der Waals surface area contributed by atoms with E-state index < -0.39 is 0 Å². The van der Waals surface area contributed by atoms with E-state index in [-0.39, 0.29) is 0 Å². The van der Waals surface area contributed by atoms with Crippen molar-refractivity contribution in [3.63, 3.8) is 0 Å². The Morgan fingerprint density at radius 1 is 1.55 bits per heavy atom. The second-order valence-corrected chi connectivity index (χ2v) is 5.62. The molecule has 20 heavy (non-hydrogen) atoms. The summed E-state index contributed by atoms with van der Waals surface area (Å²) in [6.07, 6.45) is 5.36. The van der Waals surface area contributed by atoms with Gasteiger partial charge >= 0.3 is 0 Å². The molecule has 1 aromatic heterocycles. The number of hydrogen-bond donors (Lipinski definition) is 2. The normalized spacial score (nSPS) is 25.4. The molecule has 2 atom stereocenters. The molecule has 0 aliphatic heterocycles. The molecule has 0 spiro atoms. The predicted octanol–water partition coefficient (Wildman–Crippen LogP) is 1.58. The number of aromatic nitrogens is 2. The van der Waals surface area contributed by atoms with Crippen LogP contribution in [0.5, 0.6) is 0 Å². The Morgan fingerprint density at radius 2 is 2.35 bits per heavy atom. The Hall–Kier alpha value is -1.85. The first-order valence-corrected chi connectivity index (χ1v) is 7.24. The van der Waals surface area contributed by atoms with Gasteiger partial charge in [0, 0.05) is 18.5 Å². The van der Waals surface area contributed by atoms with Gasteiger partial charge in [-0.25, -0.2) is 4.99 Å². The van der Waals surface area contributed by atoms with Crippen molar-refractivity contribution in [3.05, 3.63) is 24.4 Å². The Balaban J connectivity index is 1.57. The van der Waals surface area contributed by atoms with E-state index in [2.05, 4.69) is 39.3 Å². The van der Waals surface area contributed by atoms with E-state index in [1.807, 2.05) is 6.08 Å². The minimum Gasteiger partial charge on any atom is -0.353 e. The molecule has 2 saturated carbocycles. The Labute approximate surface area is 118 Å². The summed E-state index contributed by atoms with van der Waals surface area (Å²) in [5.41, 5.74) is 0. The van der Waals surface area contributed by atoms with Crippen molar-refractivity contribution in [2.24, 2.45) is 10.9 Å². The number of rotatable bonds is 6. The van der Waals surface area contributed by atoms with Gasteiger partial charge in [-0.15, -0.1) is 6.58 Å². The first-order chi connectivity index (χ1) is 9.76. The summed E-state index contributed by atoms with van der Waals surface area (Å²) in [6, 6.07) is 0.524. The molecule has 0 saturated heterocycles. The summed E-state index contributed by atoms with van der Waals surface area (Å²) in [7, 11) is 0. The SMILES string of the molecule is C=CCNC(=NCc1nc(C2CC2)no1)N[C@@H]1C[C@H]1C. The molecule has 1 heterocycles. The van der Waals surface area contributed by atoms with Crippen molar-refractivity contribution < 1.29 is 4.52 Å². The van der Waals surface area contributed by atoms with Crippen molar-refractivity contribution in [2.45, 2.75) is 44.7 Å². The van der Waals surface area contributed by atoms with Crippen LogP contribution in [-0.4, -0.2) is 28.7 Å². The molecule has 6 heteroatoms. The third-order valence-electron chi connectivity index (χ3n) is 3.64. The largest absolute Gasteiger partial charge is 0.353 e. The average Bonchev–Trinajstić information content (AvgIpc) is 3.36. The maximum Gasteiger partial charge on any atom is 0.248 e. The molecule has 0 unspecified atom stereocenters. The van der Waals surface area contributed by atoms with Crippen LogP contribution in [0.4, 0.5) is 0 Å². The standard InChI is InChI=1S/C14H21N5O/c1-3-6-15-14(17-11-7-9(11)2)16-8-12-18-13(19-20-12)10-4-5-10/h3,9-11H,1,4-8H2,2H3,(H2,15,16,17)/t9-,11-/m1/s1. The minimum absolute atomic E-state index is 0.410. The maximum atomic E-state index is 5.22. The van der Waals surface area contributed by atoms with Gasteiger partial charge in [-0.3, -0.25) is 0 Å². The highest BCUT2D eigenvalue weighted by Gasteiger charge is 2.33. The number of hydrogen-bond acceptors (Lipinski definition) is 4. The van der Waals surface area contributed by atoms with Gasteiger partial charge in [0.1, 0.15) is 6.54 Å². The quantitative estimate of drug-likeness (QED) is 0.468. The summed E-state index contributed by atoms with van der Waals surface area (Å²) in [5, 5.41) is 10.6. The van der Waals surface area contributed by atoms with E-state index in [1.54, 1.807) is 0 Å². The Morgan fingerprint density at radius 3 is 3.00 bits per heavy atom. The van der Waals surface area contributed by atoms with Crippen molar-refractivity contribution in [3.8, 4) is 0 Å². The van der Waals surface area contributed by atoms with Gasteiger partial charge in [-0.05, 0) is 25.2 Å². The Bertz CT molecular complexity index is 505. The highest BCUT2D eigenvalue weighted by molar-refractivity contribution is 5.80. The predicted molar refractivity (Wildman–Crippen MR) is 76.3 cm³/mol. The summed E-state index contributed by atoms with van der Waals surface area (Å²) in [6.45, 7) is 7.02. The topological polar surface area (TPSA) is 75.3 Å². The summed E-state index contributed by atoms with van der Waals surface area (Å²) in [4.78, 5) is 8.86. The lowest BCUT2D eigenvalue weighted by atomic mass is 10.4. The summed E-state index contributed by atoms with van der Waals surface area (Å²) >= 11 is 0. The lowest BCUT2D eigenvalue weighted by Crippen LogP contribution is -2.39. The van der Waals surface area contributed by atoms with Crippen LogP contribution >= 0.6 is 0 Å². The number of aliphatic imine (C=N–C) groups is 1. The number of nitrogens with one attached hydrogen (secondary N) is 2. The number of nitrogens with zero attached hydrogens (tertiary/aromatic N) is 3. The van der Waals surface area contributed by atoms with Gasteiger partial charge in [0.2, 0.25) is 5.89 Å². The zero-order valence-corrected chi connectivity index (χ0v) is 11.8. The highest BCUT2D eigenvalue weighted by atomic mass is 16.5. The van der Waals surface area contributed by atoms with Gasteiger partial charge in [-0.2, -0.15) is 4.98 Å². The van der Waals surface area contributed by atoms with Crippen LogP contribution in [0.15, 0.2) is 22.2 Å². The second-order valence-electron chi connectivity index (χ2n) is 5.62. The van der Waals surface area contributed by atoms with Crippen LogP contribution in [0.2, 0.25) is 0 Å². The molecule has 2 fully saturated rings. The van der Waals surface area contributed by atoms with Crippen molar-refractivity contribution in [1.29, 1.82) is 0 Å². The van der Waals surface area contributed by atoms with Gasteiger partial charge in [0.15, 0.2) is 11.8 Å². The fraction of sp³-hybridized carbons (Fsp3) is 0.643. The second kappa shape index (κ2) is 5.64. The van der Waals surface area contributed by atoms with Crippen LogP contribution in [0, 0.1) is 5.92 Å². The molecule has 2 N–H and O–H groups in total. The number of guanidine groups is 1. The summed E-state index contributed by atoms with van der Waals surface area (Å²) in [5.74, 6) is 3.43. The molecule has 3 rings (SSSR count). The van der Waals surface area contributed by atoms with Crippen LogP contribution in [0.1, 0.15) is 43.8 Å². The molecule has 0 amide bonds. The molecule has 2 aliphatic carbocycles. The zero-order valence-electron chi connectivity index (χ0n) is 11.8. The highest BCUT2D eigenvalue weighted by Crippen LogP contribution is 2.38. The lowest BCUT2D eigenvalue weighted by molar-refractivity contribution is 0.374.